The first-order valence-electron chi connectivity index (χ1n) is 11.6. The number of carbonyl (C=O) groups is 2. The van der Waals surface area contributed by atoms with Gasteiger partial charge in [0.25, 0.3) is 5.91 Å². The van der Waals surface area contributed by atoms with E-state index in [4.69, 9.17) is 4.84 Å². The number of aliphatic hydroxyl groups excluding tert-OH is 1. The smallest absolute Gasteiger partial charge is 0.254 e. The summed E-state index contributed by atoms with van der Waals surface area (Å²) < 4.78 is 0. The first-order valence-corrected chi connectivity index (χ1v) is 11.6. The number of likely N-dealkylation sites (tertiary alicyclic amines) is 1. The third kappa shape index (κ3) is 5.79. The minimum atomic E-state index is -0.269. The summed E-state index contributed by atoms with van der Waals surface area (Å²) in [5, 5.41) is 16.8. The number of carbonyl (C=O) groups excluding carboxylic acids is 2. The Bertz CT molecular complexity index is 982. The average molecular weight is 450 g/mol. The Hall–Kier alpha value is -3.19. The lowest BCUT2D eigenvalue weighted by Crippen LogP contribution is -2.43. The lowest BCUT2D eigenvalue weighted by molar-refractivity contribution is -0.123. The predicted molar refractivity (Wildman–Crippen MR) is 127 cm³/mol. The molecule has 2 N–H and O–H groups in total. The molecule has 0 spiro atoms. The van der Waals surface area contributed by atoms with E-state index in [0.717, 1.165) is 29.7 Å². The van der Waals surface area contributed by atoms with Crippen LogP contribution >= 0.6 is 0 Å². The van der Waals surface area contributed by atoms with E-state index in [1.165, 1.54) is 7.11 Å². The van der Waals surface area contributed by atoms with Gasteiger partial charge >= 0.3 is 0 Å². The van der Waals surface area contributed by atoms with Gasteiger partial charge in [0.2, 0.25) is 5.91 Å². The van der Waals surface area contributed by atoms with Gasteiger partial charge in [0.15, 0.2) is 0 Å². The van der Waals surface area contributed by atoms with Crippen LogP contribution in [-0.4, -0.2) is 59.4 Å². The molecule has 0 bridgehead atoms. The number of rotatable bonds is 6. The van der Waals surface area contributed by atoms with Crippen LogP contribution < -0.4 is 5.32 Å². The van der Waals surface area contributed by atoms with Crippen molar-refractivity contribution in [3.05, 3.63) is 60.2 Å². The molecule has 174 valence electrons. The summed E-state index contributed by atoms with van der Waals surface area (Å²) in [6.07, 6.45) is 3.45. The van der Waals surface area contributed by atoms with E-state index >= 15 is 0 Å². The molecule has 1 aliphatic carbocycles. The lowest BCUT2D eigenvalue weighted by Gasteiger charge is -2.28. The molecule has 1 saturated carbocycles. The third-order valence-electron chi connectivity index (χ3n) is 6.47. The van der Waals surface area contributed by atoms with Crippen LogP contribution in [0, 0.1) is 0 Å². The normalized spacial score (nSPS) is 24.0. The van der Waals surface area contributed by atoms with Gasteiger partial charge in [-0.2, -0.15) is 0 Å². The zero-order valence-corrected chi connectivity index (χ0v) is 18.9. The number of nitrogens with one attached hydrogen (secondary N) is 1. The molecule has 1 heterocycles. The molecule has 2 aliphatic rings. The maximum absolute atomic E-state index is 13.3. The van der Waals surface area contributed by atoms with E-state index in [1.807, 2.05) is 54.6 Å². The molecule has 0 aromatic heterocycles. The van der Waals surface area contributed by atoms with Gasteiger partial charge in [0.05, 0.1) is 18.4 Å². The number of hydrogen-bond donors (Lipinski definition) is 2. The number of benzene rings is 2. The molecule has 1 atom stereocenters. The van der Waals surface area contributed by atoms with Crippen LogP contribution in [0.5, 0.6) is 0 Å². The largest absolute Gasteiger partial charge is 0.399 e. The predicted octanol–water partition coefficient (Wildman–Crippen LogP) is 3.38. The van der Waals surface area contributed by atoms with Gasteiger partial charge < -0.3 is 20.2 Å². The highest BCUT2D eigenvalue weighted by atomic mass is 16.6. The van der Waals surface area contributed by atoms with E-state index in [-0.39, 0.29) is 36.4 Å². The topological polar surface area (TPSA) is 91.2 Å². The van der Waals surface area contributed by atoms with Crippen molar-refractivity contribution in [1.29, 1.82) is 0 Å². The maximum atomic E-state index is 13.3. The molecule has 7 nitrogen and oxygen atoms in total. The molecule has 4 rings (SSSR count). The van der Waals surface area contributed by atoms with E-state index in [2.05, 4.69) is 10.5 Å². The second-order valence-electron chi connectivity index (χ2n) is 8.85. The highest BCUT2D eigenvalue weighted by molar-refractivity contribution is 6.01. The van der Waals surface area contributed by atoms with Crippen molar-refractivity contribution in [1.82, 2.24) is 10.2 Å². The minimum absolute atomic E-state index is 0.0720. The SMILES string of the molecule is CON=C1C[C@@H](CC(=O)NC2CCC(O)CC2)N(C(=O)c2ccc(-c3ccccc3)cc2)C1. The standard InChI is InChI=1S/C26H31N3O4/c1-33-28-22-15-23(16-25(31)27-21-11-13-24(30)14-12-21)29(17-22)26(32)20-9-7-19(8-10-20)18-5-3-2-4-6-18/h2-10,21,23-24,30H,11-17H2,1H3,(H,27,31)/t21?,23-,24?/m0/s1. The van der Waals surface area contributed by atoms with Gasteiger partial charge in [-0.05, 0) is 48.9 Å². The fourth-order valence-corrected chi connectivity index (χ4v) is 4.71. The van der Waals surface area contributed by atoms with Crippen LogP contribution in [-0.2, 0) is 9.63 Å². The summed E-state index contributed by atoms with van der Waals surface area (Å²) in [6, 6.07) is 17.4. The number of hydrogen-bond acceptors (Lipinski definition) is 5. The first kappa shape index (κ1) is 23.0. The molecule has 1 saturated heterocycles. The average Bonchev–Trinajstić information content (AvgIpc) is 3.23. The Kier molecular flexibility index (Phi) is 7.40. The van der Waals surface area contributed by atoms with E-state index in [9.17, 15) is 14.7 Å². The molecule has 7 heteroatoms. The zero-order chi connectivity index (χ0) is 23.2. The molecule has 1 aliphatic heterocycles. The van der Waals surface area contributed by atoms with E-state index < -0.39 is 0 Å². The van der Waals surface area contributed by atoms with Crippen molar-refractivity contribution >= 4 is 17.5 Å². The van der Waals surface area contributed by atoms with Gasteiger partial charge in [0.1, 0.15) is 7.11 Å². The van der Waals surface area contributed by atoms with Gasteiger partial charge in [-0.25, -0.2) is 0 Å². The number of nitrogens with zero attached hydrogens (tertiary/aromatic N) is 2. The molecule has 2 aromatic rings. The molecule has 2 amide bonds. The Morgan fingerprint density at radius 2 is 1.70 bits per heavy atom. The summed E-state index contributed by atoms with van der Waals surface area (Å²) in [5.41, 5.74) is 3.48. The van der Waals surface area contributed by atoms with Crippen molar-refractivity contribution in [3.8, 4) is 11.1 Å². The molecule has 2 fully saturated rings. The minimum Gasteiger partial charge on any atom is -0.399 e. The first-order chi connectivity index (χ1) is 16.0. The number of amides is 2. The van der Waals surface area contributed by atoms with Gasteiger partial charge in [-0.1, -0.05) is 47.6 Å². The third-order valence-corrected chi connectivity index (χ3v) is 6.47. The Balaban J connectivity index is 1.44. The zero-order valence-electron chi connectivity index (χ0n) is 18.9. The highest BCUT2D eigenvalue weighted by Gasteiger charge is 2.35. The van der Waals surface area contributed by atoms with Crippen molar-refractivity contribution in [2.24, 2.45) is 5.16 Å². The van der Waals surface area contributed by atoms with Crippen LogP contribution in [0.1, 0.15) is 48.9 Å². The van der Waals surface area contributed by atoms with E-state index in [0.29, 0.717) is 31.4 Å². The lowest BCUT2D eigenvalue weighted by atomic mass is 9.93. The van der Waals surface area contributed by atoms with Crippen LogP contribution in [0.25, 0.3) is 11.1 Å². The van der Waals surface area contributed by atoms with Crippen molar-refractivity contribution in [3.63, 3.8) is 0 Å². The molecule has 0 radical (unpaired) electrons. The highest BCUT2D eigenvalue weighted by Crippen LogP contribution is 2.25. The Morgan fingerprint density at radius 1 is 1.03 bits per heavy atom. The van der Waals surface area contributed by atoms with Crippen molar-refractivity contribution in [2.75, 3.05) is 13.7 Å². The fourth-order valence-electron chi connectivity index (χ4n) is 4.71. The summed E-state index contributed by atoms with van der Waals surface area (Å²) in [5.74, 6) is -0.188. The number of oxime groups is 1. The molecule has 2 aromatic carbocycles. The summed E-state index contributed by atoms with van der Waals surface area (Å²) in [4.78, 5) is 32.7. The van der Waals surface area contributed by atoms with Crippen LogP contribution in [0.3, 0.4) is 0 Å². The fraction of sp³-hybridized carbons (Fsp3) is 0.423. The quantitative estimate of drug-likeness (QED) is 0.662. The molecule has 33 heavy (non-hydrogen) atoms. The van der Waals surface area contributed by atoms with E-state index in [1.54, 1.807) is 4.90 Å². The summed E-state index contributed by atoms with van der Waals surface area (Å²) >= 11 is 0. The van der Waals surface area contributed by atoms with Crippen LogP contribution in [0.15, 0.2) is 59.8 Å². The summed E-state index contributed by atoms with van der Waals surface area (Å²) in [6.45, 7) is 0.348. The van der Waals surface area contributed by atoms with Crippen molar-refractivity contribution in [2.45, 2.75) is 56.7 Å². The maximum Gasteiger partial charge on any atom is 0.254 e. The van der Waals surface area contributed by atoms with Crippen molar-refractivity contribution < 1.29 is 19.5 Å². The van der Waals surface area contributed by atoms with Gasteiger partial charge in [-0.3, -0.25) is 9.59 Å². The Labute approximate surface area is 194 Å². The molecular weight excluding hydrogens is 418 g/mol. The van der Waals surface area contributed by atoms with Crippen LogP contribution in [0.2, 0.25) is 0 Å². The molecular formula is C26H31N3O4. The molecule has 0 unspecified atom stereocenters. The van der Waals surface area contributed by atoms with Gasteiger partial charge in [-0.15, -0.1) is 0 Å². The van der Waals surface area contributed by atoms with Crippen LogP contribution in [0.4, 0.5) is 0 Å². The monoisotopic (exact) mass is 449 g/mol. The Morgan fingerprint density at radius 3 is 2.36 bits per heavy atom. The second-order valence-corrected chi connectivity index (χ2v) is 8.85. The second kappa shape index (κ2) is 10.6. The van der Waals surface area contributed by atoms with Gasteiger partial charge in [0, 0.05) is 30.5 Å². The number of aliphatic hydroxyl groups is 1. The summed E-state index contributed by atoms with van der Waals surface area (Å²) in [7, 11) is 1.49.